The molecule has 2 atom stereocenters. The highest BCUT2D eigenvalue weighted by Crippen LogP contribution is 2.24. The second kappa shape index (κ2) is 12.5. The molecule has 0 amide bonds. The largest absolute Gasteiger partial charge is 0.493 e. The Morgan fingerprint density at radius 1 is 1.10 bits per heavy atom. The second-order valence-corrected chi connectivity index (χ2v) is 7.22. The number of carboxylic acid groups (broad SMARTS) is 1. The van der Waals surface area contributed by atoms with Crippen molar-refractivity contribution in [3.8, 4) is 29.4 Å². The van der Waals surface area contributed by atoms with Crippen molar-refractivity contribution >= 4 is 17.6 Å². The summed E-state index contributed by atoms with van der Waals surface area (Å²) in [6.07, 6.45) is -0.0480. The molecule has 0 bridgehead atoms. The molecule has 6 nitrogen and oxygen atoms in total. The highest BCUT2D eigenvalue weighted by atomic mass is 35.5. The minimum atomic E-state index is -0.890. The van der Waals surface area contributed by atoms with Crippen molar-refractivity contribution in [2.45, 2.75) is 19.3 Å². The van der Waals surface area contributed by atoms with Gasteiger partial charge >= 0.3 is 5.97 Å². The van der Waals surface area contributed by atoms with Crippen LogP contribution in [0.15, 0.2) is 42.5 Å². The molecule has 7 heteroatoms. The van der Waals surface area contributed by atoms with Crippen LogP contribution in [0.25, 0.3) is 0 Å². The number of nitrogens with zero attached hydrogens (tertiary/aromatic N) is 1. The molecule has 0 saturated carbocycles. The lowest BCUT2D eigenvalue weighted by Crippen LogP contribution is -2.24. The first-order valence-corrected chi connectivity index (χ1v) is 10.0. The van der Waals surface area contributed by atoms with Crippen molar-refractivity contribution in [1.29, 1.82) is 5.26 Å². The Morgan fingerprint density at radius 3 is 2.29 bits per heavy atom. The van der Waals surface area contributed by atoms with E-state index in [1.807, 2.05) is 18.2 Å². The van der Waals surface area contributed by atoms with Gasteiger partial charge in [-0.25, -0.2) is 0 Å². The highest BCUT2D eigenvalue weighted by Gasteiger charge is 2.15. The Bertz CT molecular complexity index is 972. The summed E-state index contributed by atoms with van der Waals surface area (Å²) < 4.78 is 16.9. The van der Waals surface area contributed by atoms with Crippen LogP contribution in [0.3, 0.4) is 0 Å². The third-order valence-corrected chi connectivity index (χ3v) is 4.73. The third kappa shape index (κ3) is 7.86. The molecular weight excluding hydrogens is 418 g/mol. The maximum Gasteiger partial charge on any atom is 0.304 e. The fraction of sp³-hybridized carbons (Fsp3) is 0.333. The molecular formula is C24H24ClNO5. The number of carboxylic acids is 1. The van der Waals surface area contributed by atoms with Gasteiger partial charge in [-0.3, -0.25) is 4.79 Å². The van der Waals surface area contributed by atoms with Crippen molar-refractivity contribution in [3.63, 3.8) is 0 Å². The van der Waals surface area contributed by atoms with E-state index in [9.17, 15) is 4.79 Å². The summed E-state index contributed by atoms with van der Waals surface area (Å²) in [5.41, 5.74) is 1.23. The van der Waals surface area contributed by atoms with E-state index in [0.717, 1.165) is 5.56 Å². The Labute approximate surface area is 187 Å². The van der Waals surface area contributed by atoms with E-state index in [1.165, 1.54) is 0 Å². The summed E-state index contributed by atoms with van der Waals surface area (Å²) in [4.78, 5) is 11.0. The molecule has 0 aliphatic rings. The lowest BCUT2D eigenvalue weighted by molar-refractivity contribution is -0.137. The minimum absolute atomic E-state index is 0.0372. The van der Waals surface area contributed by atoms with Crippen molar-refractivity contribution in [2.75, 3.05) is 26.9 Å². The SMILES string of the molecule is CC#CC(CC(=O)O)c1ccc(OCC(COC)COc2ccc(C#N)c(Cl)c2)cc1. The number of hydrogen-bond donors (Lipinski definition) is 1. The Morgan fingerprint density at radius 2 is 1.74 bits per heavy atom. The number of halogens is 1. The topological polar surface area (TPSA) is 88.8 Å². The molecule has 0 aliphatic carbocycles. The molecule has 2 rings (SSSR count). The van der Waals surface area contributed by atoms with E-state index in [-0.39, 0.29) is 18.3 Å². The van der Waals surface area contributed by atoms with Crippen LogP contribution in [0.1, 0.15) is 30.4 Å². The second-order valence-electron chi connectivity index (χ2n) is 6.81. The number of ether oxygens (including phenoxy) is 3. The van der Waals surface area contributed by atoms with E-state index >= 15 is 0 Å². The Hall–Kier alpha value is -3.19. The Balaban J connectivity index is 1.94. The maximum atomic E-state index is 11.0. The average Bonchev–Trinajstić information content (AvgIpc) is 2.75. The number of carbonyl (C=O) groups is 1. The van der Waals surface area contributed by atoms with Gasteiger partial charge in [0.15, 0.2) is 0 Å². The van der Waals surface area contributed by atoms with Gasteiger partial charge in [-0.05, 0) is 36.8 Å². The van der Waals surface area contributed by atoms with E-state index < -0.39 is 5.97 Å². The molecule has 0 heterocycles. The van der Waals surface area contributed by atoms with Crippen LogP contribution in [-0.2, 0) is 9.53 Å². The van der Waals surface area contributed by atoms with Crippen LogP contribution >= 0.6 is 11.6 Å². The lowest BCUT2D eigenvalue weighted by Gasteiger charge is -2.18. The van der Waals surface area contributed by atoms with Gasteiger partial charge in [0.05, 0.1) is 48.7 Å². The van der Waals surface area contributed by atoms with Gasteiger partial charge in [-0.2, -0.15) is 5.26 Å². The van der Waals surface area contributed by atoms with Crippen molar-refractivity contribution < 1.29 is 24.1 Å². The summed E-state index contributed by atoms with van der Waals surface area (Å²) in [7, 11) is 1.61. The van der Waals surface area contributed by atoms with Crippen LogP contribution in [0.2, 0.25) is 5.02 Å². The van der Waals surface area contributed by atoms with Gasteiger partial charge in [0, 0.05) is 13.2 Å². The van der Waals surface area contributed by atoms with Gasteiger partial charge in [-0.1, -0.05) is 29.7 Å². The van der Waals surface area contributed by atoms with Crippen molar-refractivity contribution in [1.82, 2.24) is 0 Å². The van der Waals surface area contributed by atoms with Crippen LogP contribution in [0, 0.1) is 29.1 Å². The molecule has 0 fully saturated rings. The zero-order valence-corrected chi connectivity index (χ0v) is 18.2. The first-order valence-electron chi connectivity index (χ1n) is 9.65. The molecule has 0 spiro atoms. The predicted octanol–water partition coefficient (Wildman–Crippen LogP) is 4.51. The third-order valence-electron chi connectivity index (χ3n) is 4.41. The zero-order chi connectivity index (χ0) is 22.6. The minimum Gasteiger partial charge on any atom is -0.493 e. The summed E-state index contributed by atoms with van der Waals surface area (Å²) in [6, 6.07) is 14.2. The number of benzene rings is 2. The summed E-state index contributed by atoms with van der Waals surface area (Å²) in [5.74, 6) is 5.65. The van der Waals surface area contributed by atoms with Gasteiger partial charge in [0.2, 0.25) is 0 Å². The molecule has 1 N–H and O–H groups in total. The average molecular weight is 442 g/mol. The van der Waals surface area contributed by atoms with Crippen molar-refractivity contribution in [3.05, 3.63) is 58.6 Å². The number of nitriles is 1. The first kappa shape index (κ1) is 24.1. The van der Waals surface area contributed by atoms with Crippen molar-refractivity contribution in [2.24, 2.45) is 5.92 Å². The molecule has 0 saturated heterocycles. The maximum absolute atomic E-state index is 11.0. The van der Waals surface area contributed by atoms with E-state index in [1.54, 1.807) is 44.4 Å². The molecule has 0 aliphatic heterocycles. The number of rotatable bonds is 11. The molecule has 31 heavy (non-hydrogen) atoms. The first-order chi connectivity index (χ1) is 15.0. The molecule has 0 aromatic heterocycles. The van der Waals surface area contributed by atoms with Crippen LogP contribution in [0.4, 0.5) is 0 Å². The molecule has 2 aromatic carbocycles. The van der Waals surface area contributed by atoms with Crippen LogP contribution in [0.5, 0.6) is 11.5 Å². The van der Waals surface area contributed by atoms with Crippen LogP contribution in [-0.4, -0.2) is 38.0 Å². The molecule has 0 radical (unpaired) electrons. The number of aliphatic carboxylic acids is 1. The monoisotopic (exact) mass is 441 g/mol. The quantitative estimate of drug-likeness (QED) is 0.516. The van der Waals surface area contributed by atoms with Gasteiger partial charge in [0.1, 0.15) is 17.6 Å². The molecule has 2 unspecified atom stereocenters. The number of methoxy groups -OCH3 is 1. The summed E-state index contributed by atoms with van der Waals surface area (Å²) in [6.45, 7) is 2.84. The van der Waals surface area contributed by atoms with Crippen LogP contribution < -0.4 is 9.47 Å². The number of hydrogen-bond acceptors (Lipinski definition) is 5. The molecule has 162 valence electrons. The van der Waals surface area contributed by atoms with Gasteiger partial charge in [-0.15, -0.1) is 5.92 Å². The lowest BCUT2D eigenvalue weighted by atomic mass is 9.96. The van der Waals surface area contributed by atoms with E-state index in [4.69, 9.17) is 36.2 Å². The van der Waals surface area contributed by atoms with Gasteiger partial charge < -0.3 is 19.3 Å². The fourth-order valence-electron chi connectivity index (χ4n) is 2.88. The normalized spacial score (nSPS) is 12.1. The summed E-state index contributed by atoms with van der Waals surface area (Å²) >= 11 is 6.04. The van der Waals surface area contributed by atoms with Gasteiger partial charge in [0.25, 0.3) is 0 Å². The standard InChI is InChI=1S/C24H24ClNO5/c1-3-4-19(11-24(27)28)18-5-8-21(9-6-18)30-15-17(14-29-2)16-31-22-10-7-20(13-26)23(25)12-22/h5-10,12,17,19H,11,14-16H2,1-2H3,(H,27,28). The zero-order valence-electron chi connectivity index (χ0n) is 17.4. The summed E-state index contributed by atoms with van der Waals surface area (Å²) in [5, 5.41) is 18.3. The predicted molar refractivity (Wildman–Crippen MR) is 117 cm³/mol. The Kier molecular flexibility index (Phi) is 9.71. The fourth-order valence-corrected chi connectivity index (χ4v) is 3.09. The molecule has 2 aromatic rings. The smallest absolute Gasteiger partial charge is 0.304 e. The highest BCUT2D eigenvalue weighted by molar-refractivity contribution is 6.31. The van der Waals surface area contributed by atoms with E-state index in [0.29, 0.717) is 41.9 Å². The van der Waals surface area contributed by atoms with E-state index in [2.05, 4.69) is 11.8 Å².